The Morgan fingerprint density at radius 2 is 2.10 bits per heavy atom. The molecule has 5 nitrogen and oxygen atoms in total. The third-order valence-corrected chi connectivity index (χ3v) is 4.02. The van der Waals surface area contributed by atoms with E-state index in [1.54, 1.807) is 6.07 Å². The highest BCUT2D eigenvalue weighted by atomic mass is 16.5. The third kappa shape index (κ3) is 2.94. The number of rotatable bonds is 3. The van der Waals surface area contributed by atoms with Crippen LogP contribution in [0.5, 0.6) is 0 Å². The largest absolute Gasteiger partial charge is 0.399 e. The first-order chi connectivity index (χ1) is 9.60. The maximum Gasteiger partial charge on any atom is 0.238 e. The molecule has 1 amide bonds. The van der Waals surface area contributed by atoms with Crippen molar-refractivity contribution < 1.29 is 9.53 Å². The molecule has 5 heteroatoms. The molecule has 0 spiro atoms. The number of nitrogens with zero attached hydrogens (tertiary/aromatic N) is 1. The number of carbonyl (C=O) groups is 1. The van der Waals surface area contributed by atoms with Crippen LogP contribution in [0, 0.1) is 6.92 Å². The van der Waals surface area contributed by atoms with Crippen LogP contribution < -0.4 is 11.1 Å². The van der Waals surface area contributed by atoms with Crippen LogP contribution in [0.3, 0.4) is 0 Å². The van der Waals surface area contributed by atoms with Gasteiger partial charge in [0, 0.05) is 24.5 Å². The van der Waals surface area contributed by atoms with Gasteiger partial charge in [0.05, 0.1) is 18.8 Å². The van der Waals surface area contributed by atoms with Crippen molar-refractivity contribution >= 4 is 17.3 Å². The van der Waals surface area contributed by atoms with Gasteiger partial charge in [-0.2, -0.15) is 0 Å². The normalized spacial score (nSPS) is 25.6. The van der Waals surface area contributed by atoms with Crippen molar-refractivity contribution in [2.75, 3.05) is 30.7 Å². The Morgan fingerprint density at radius 1 is 1.40 bits per heavy atom. The Kier molecular flexibility index (Phi) is 3.63. The highest BCUT2D eigenvalue weighted by molar-refractivity contribution is 5.93. The SMILES string of the molecule is Cc1ccc(N)cc1NC(=O)CN1CC2CCC(C1)O2. The third-order valence-electron chi connectivity index (χ3n) is 4.02. The number of amides is 1. The van der Waals surface area contributed by atoms with Gasteiger partial charge in [0.25, 0.3) is 0 Å². The van der Waals surface area contributed by atoms with Gasteiger partial charge < -0.3 is 15.8 Å². The number of fused-ring (bicyclic) bond motifs is 2. The molecule has 2 heterocycles. The number of benzene rings is 1. The molecule has 1 aromatic rings. The molecule has 0 saturated carbocycles. The highest BCUT2D eigenvalue weighted by Crippen LogP contribution is 2.26. The summed E-state index contributed by atoms with van der Waals surface area (Å²) in [5, 5.41) is 2.95. The molecule has 0 aliphatic carbocycles. The summed E-state index contributed by atoms with van der Waals surface area (Å²) in [4.78, 5) is 14.3. The highest BCUT2D eigenvalue weighted by Gasteiger charge is 2.34. The van der Waals surface area contributed by atoms with Gasteiger partial charge in [-0.05, 0) is 37.5 Å². The number of aryl methyl sites for hydroxylation is 1. The second-order valence-corrected chi connectivity index (χ2v) is 5.77. The first kappa shape index (κ1) is 13.4. The molecule has 2 fully saturated rings. The number of hydrogen-bond donors (Lipinski definition) is 2. The Morgan fingerprint density at radius 3 is 2.80 bits per heavy atom. The molecule has 108 valence electrons. The second kappa shape index (κ2) is 5.42. The fourth-order valence-corrected chi connectivity index (χ4v) is 3.00. The van der Waals surface area contributed by atoms with Crippen LogP contribution in [0.15, 0.2) is 18.2 Å². The van der Waals surface area contributed by atoms with E-state index in [2.05, 4.69) is 10.2 Å². The maximum atomic E-state index is 12.1. The molecular formula is C15H21N3O2. The van der Waals surface area contributed by atoms with Gasteiger partial charge in [0.15, 0.2) is 0 Å². The Hall–Kier alpha value is -1.59. The number of carbonyl (C=O) groups excluding carboxylic acids is 1. The van der Waals surface area contributed by atoms with Crippen LogP contribution in [-0.4, -0.2) is 42.6 Å². The average Bonchev–Trinajstić information content (AvgIpc) is 2.73. The van der Waals surface area contributed by atoms with Crippen molar-refractivity contribution in [1.29, 1.82) is 0 Å². The summed E-state index contributed by atoms with van der Waals surface area (Å²) in [5.74, 6) is 0.0139. The first-order valence-corrected chi connectivity index (χ1v) is 7.14. The lowest BCUT2D eigenvalue weighted by Crippen LogP contribution is -2.45. The van der Waals surface area contributed by atoms with E-state index in [1.165, 1.54) is 0 Å². The van der Waals surface area contributed by atoms with Crippen molar-refractivity contribution in [2.24, 2.45) is 0 Å². The molecule has 3 N–H and O–H groups in total. The lowest BCUT2D eigenvalue weighted by molar-refractivity contribution is -0.119. The summed E-state index contributed by atoms with van der Waals surface area (Å²) in [7, 11) is 0. The van der Waals surface area contributed by atoms with Crippen LogP contribution in [0.1, 0.15) is 18.4 Å². The fourth-order valence-electron chi connectivity index (χ4n) is 3.00. The van der Waals surface area contributed by atoms with E-state index in [1.807, 2.05) is 19.1 Å². The molecule has 2 unspecified atom stereocenters. The molecule has 20 heavy (non-hydrogen) atoms. The van der Waals surface area contributed by atoms with Crippen molar-refractivity contribution in [3.05, 3.63) is 23.8 Å². The molecule has 2 aliphatic rings. The number of anilines is 2. The molecular weight excluding hydrogens is 254 g/mol. The van der Waals surface area contributed by atoms with Crippen molar-refractivity contribution in [1.82, 2.24) is 4.90 Å². The van der Waals surface area contributed by atoms with Gasteiger partial charge in [0.2, 0.25) is 5.91 Å². The minimum Gasteiger partial charge on any atom is -0.399 e. The van der Waals surface area contributed by atoms with E-state index in [9.17, 15) is 4.79 Å². The number of nitrogen functional groups attached to an aromatic ring is 1. The van der Waals surface area contributed by atoms with Gasteiger partial charge in [-0.1, -0.05) is 6.07 Å². The molecule has 3 rings (SSSR count). The predicted octanol–water partition coefficient (Wildman–Crippen LogP) is 1.38. The summed E-state index contributed by atoms with van der Waals surface area (Å²) in [5.41, 5.74) is 8.24. The Labute approximate surface area is 119 Å². The van der Waals surface area contributed by atoms with Crippen LogP contribution in [0.2, 0.25) is 0 Å². The van der Waals surface area contributed by atoms with E-state index in [0.29, 0.717) is 24.4 Å². The van der Waals surface area contributed by atoms with Crippen molar-refractivity contribution in [3.63, 3.8) is 0 Å². The quantitative estimate of drug-likeness (QED) is 0.818. The number of hydrogen-bond acceptors (Lipinski definition) is 4. The lowest BCUT2D eigenvalue weighted by atomic mass is 10.2. The summed E-state index contributed by atoms with van der Waals surface area (Å²) in [6, 6.07) is 5.56. The number of likely N-dealkylation sites (tertiary alicyclic amines) is 1. The molecule has 2 aliphatic heterocycles. The van der Waals surface area contributed by atoms with E-state index in [0.717, 1.165) is 37.2 Å². The molecule has 0 aromatic heterocycles. The van der Waals surface area contributed by atoms with Crippen LogP contribution in [0.4, 0.5) is 11.4 Å². The monoisotopic (exact) mass is 275 g/mol. The average molecular weight is 275 g/mol. The molecule has 2 saturated heterocycles. The molecule has 1 aromatic carbocycles. The van der Waals surface area contributed by atoms with Crippen LogP contribution in [0.25, 0.3) is 0 Å². The van der Waals surface area contributed by atoms with Gasteiger partial charge >= 0.3 is 0 Å². The van der Waals surface area contributed by atoms with Crippen molar-refractivity contribution in [3.8, 4) is 0 Å². The van der Waals surface area contributed by atoms with Gasteiger partial charge in [-0.25, -0.2) is 0 Å². The summed E-state index contributed by atoms with van der Waals surface area (Å²) in [6.07, 6.45) is 2.88. The van der Waals surface area contributed by atoms with E-state index < -0.39 is 0 Å². The van der Waals surface area contributed by atoms with Crippen molar-refractivity contribution in [2.45, 2.75) is 32.0 Å². The smallest absolute Gasteiger partial charge is 0.238 e. The summed E-state index contributed by atoms with van der Waals surface area (Å²) < 4.78 is 5.77. The number of nitrogens with two attached hydrogens (primary N) is 1. The zero-order valence-corrected chi connectivity index (χ0v) is 11.8. The molecule has 2 bridgehead atoms. The minimum atomic E-state index is 0.0139. The Bertz CT molecular complexity index is 506. The zero-order chi connectivity index (χ0) is 14.1. The number of nitrogens with one attached hydrogen (secondary N) is 1. The number of morpholine rings is 1. The summed E-state index contributed by atoms with van der Waals surface area (Å²) >= 11 is 0. The topological polar surface area (TPSA) is 67.6 Å². The predicted molar refractivity (Wildman–Crippen MR) is 78.6 cm³/mol. The minimum absolute atomic E-state index is 0.0139. The summed E-state index contributed by atoms with van der Waals surface area (Å²) in [6.45, 7) is 4.11. The Balaban J connectivity index is 1.58. The molecule has 0 radical (unpaired) electrons. The van der Waals surface area contributed by atoms with E-state index in [-0.39, 0.29) is 5.91 Å². The van der Waals surface area contributed by atoms with Gasteiger partial charge in [0.1, 0.15) is 0 Å². The fraction of sp³-hybridized carbons (Fsp3) is 0.533. The molecule has 2 atom stereocenters. The first-order valence-electron chi connectivity index (χ1n) is 7.14. The zero-order valence-electron chi connectivity index (χ0n) is 11.8. The number of ether oxygens (including phenoxy) is 1. The standard InChI is InChI=1S/C15H21N3O2/c1-10-2-3-11(16)6-14(10)17-15(19)9-18-7-12-4-5-13(8-18)20-12/h2-3,6,12-13H,4-5,7-9,16H2,1H3,(H,17,19). The maximum absolute atomic E-state index is 12.1. The van der Waals surface area contributed by atoms with E-state index in [4.69, 9.17) is 10.5 Å². The van der Waals surface area contributed by atoms with Crippen LogP contribution >= 0.6 is 0 Å². The van der Waals surface area contributed by atoms with Gasteiger partial charge in [-0.15, -0.1) is 0 Å². The van der Waals surface area contributed by atoms with E-state index >= 15 is 0 Å². The lowest BCUT2D eigenvalue weighted by Gasteiger charge is -2.31. The van der Waals surface area contributed by atoms with Gasteiger partial charge in [-0.3, -0.25) is 9.69 Å². The second-order valence-electron chi connectivity index (χ2n) is 5.77. The van der Waals surface area contributed by atoms with Crippen LogP contribution in [-0.2, 0) is 9.53 Å².